The van der Waals surface area contributed by atoms with Crippen molar-refractivity contribution in [3.63, 3.8) is 0 Å². The second-order valence-electron chi connectivity index (χ2n) is 6.57. The summed E-state index contributed by atoms with van der Waals surface area (Å²) < 4.78 is 10.9. The van der Waals surface area contributed by atoms with E-state index in [9.17, 15) is 9.90 Å². The van der Waals surface area contributed by atoms with E-state index in [0.29, 0.717) is 25.9 Å². The molecule has 0 bridgehead atoms. The highest BCUT2D eigenvalue weighted by Crippen LogP contribution is 2.21. The summed E-state index contributed by atoms with van der Waals surface area (Å²) in [6, 6.07) is 0. The Morgan fingerprint density at radius 3 is 2.50 bits per heavy atom. The van der Waals surface area contributed by atoms with E-state index in [0.717, 1.165) is 38.8 Å². The Morgan fingerprint density at radius 2 is 1.86 bits per heavy atom. The second kappa shape index (κ2) is 9.48. The number of carbonyl (C=O) groups is 1. The van der Waals surface area contributed by atoms with Crippen LogP contribution in [-0.4, -0.2) is 61.0 Å². The Labute approximate surface area is 134 Å². The highest BCUT2D eigenvalue weighted by Gasteiger charge is 2.27. The standard InChI is InChI=1S/C17H31NO4/c1-2-21-17(20)14-8-10-18(11-9-14)12-15(19)13-22-16-6-4-3-5-7-16/h14-16,19H,2-13H2,1H3. The van der Waals surface area contributed by atoms with Gasteiger partial charge in [-0.25, -0.2) is 0 Å². The van der Waals surface area contributed by atoms with Crippen LogP contribution >= 0.6 is 0 Å². The maximum absolute atomic E-state index is 11.7. The van der Waals surface area contributed by atoms with Gasteiger partial charge in [-0.2, -0.15) is 0 Å². The maximum Gasteiger partial charge on any atom is 0.309 e. The van der Waals surface area contributed by atoms with Crippen LogP contribution in [0.25, 0.3) is 0 Å². The molecule has 2 rings (SSSR count). The minimum Gasteiger partial charge on any atom is -0.466 e. The predicted octanol–water partition coefficient (Wildman–Crippen LogP) is 1.97. The molecule has 1 aliphatic heterocycles. The average molecular weight is 313 g/mol. The van der Waals surface area contributed by atoms with Gasteiger partial charge in [0.15, 0.2) is 0 Å². The van der Waals surface area contributed by atoms with Gasteiger partial charge in [0.1, 0.15) is 0 Å². The van der Waals surface area contributed by atoms with Crippen molar-refractivity contribution in [1.29, 1.82) is 0 Å². The number of carbonyl (C=O) groups excluding carboxylic acids is 1. The van der Waals surface area contributed by atoms with Crippen molar-refractivity contribution < 1.29 is 19.4 Å². The monoisotopic (exact) mass is 313 g/mol. The molecule has 0 radical (unpaired) electrons. The van der Waals surface area contributed by atoms with Crippen LogP contribution < -0.4 is 0 Å². The molecule has 0 aromatic rings. The molecular weight excluding hydrogens is 282 g/mol. The fraction of sp³-hybridized carbons (Fsp3) is 0.941. The number of nitrogens with zero attached hydrogens (tertiary/aromatic N) is 1. The fourth-order valence-electron chi connectivity index (χ4n) is 3.44. The van der Waals surface area contributed by atoms with Crippen LogP contribution in [-0.2, 0) is 14.3 Å². The Kier molecular flexibility index (Phi) is 7.63. The number of piperidine rings is 1. The summed E-state index contributed by atoms with van der Waals surface area (Å²) in [6.07, 6.45) is 7.67. The Bertz CT molecular complexity index is 323. The van der Waals surface area contributed by atoms with Crippen molar-refractivity contribution in [2.45, 2.75) is 64.1 Å². The molecule has 0 amide bonds. The fourth-order valence-corrected chi connectivity index (χ4v) is 3.44. The summed E-state index contributed by atoms with van der Waals surface area (Å²) in [5.41, 5.74) is 0. The molecule has 1 atom stereocenters. The minimum atomic E-state index is -0.430. The van der Waals surface area contributed by atoms with Crippen LogP contribution in [0.2, 0.25) is 0 Å². The average Bonchev–Trinajstić information content (AvgIpc) is 2.55. The van der Waals surface area contributed by atoms with Gasteiger partial charge in [-0.3, -0.25) is 4.79 Å². The van der Waals surface area contributed by atoms with E-state index in [2.05, 4.69) is 4.90 Å². The molecule has 5 nitrogen and oxygen atoms in total. The van der Waals surface area contributed by atoms with Gasteiger partial charge in [-0.05, 0) is 45.7 Å². The van der Waals surface area contributed by atoms with Gasteiger partial charge in [0, 0.05) is 6.54 Å². The van der Waals surface area contributed by atoms with Crippen LogP contribution in [0.5, 0.6) is 0 Å². The van der Waals surface area contributed by atoms with E-state index in [4.69, 9.17) is 9.47 Å². The van der Waals surface area contributed by atoms with Gasteiger partial charge in [0.05, 0.1) is 31.3 Å². The zero-order valence-electron chi connectivity index (χ0n) is 13.8. The van der Waals surface area contributed by atoms with Crippen molar-refractivity contribution in [1.82, 2.24) is 4.90 Å². The first-order chi connectivity index (χ1) is 10.7. The third kappa shape index (κ3) is 5.86. The normalized spacial score (nSPS) is 23.4. The van der Waals surface area contributed by atoms with E-state index in [-0.39, 0.29) is 11.9 Å². The Balaban J connectivity index is 1.59. The Hall–Kier alpha value is -0.650. The van der Waals surface area contributed by atoms with Crippen molar-refractivity contribution in [3.05, 3.63) is 0 Å². The van der Waals surface area contributed by atoms with E-state index in [1.54, 1.807) is 0 Å². The van der Waals surface area contributed by atoms with Gasteiger partial charge >= 0.3 is 5.97 Å². The molecule has 1 saturated carbocycles. The van der Waals surface area contributed by atoms with Crippen molar-refractivity contribution in [2.75, 3.05) is 32.8 Å². The molecule has 1 N–H and O–H groups in total. The molecule has 1 heterocycles. The lowest BCUT2D eigenvalue weighted by Crippen LogP contribution is -2.42. The SMILES string of the molecule is CCOC(=O)C1CCN(CC(O)COC2CCCCC2)CC1. The maximum atomic E-state index is 11.7. The van der Waals surface area contributed by atoms with Crippen molar-refractivity contribution in [3.8, 4) is 0 Å². The summed E-state index contributed by atoms with van der Waals surface area (Å²) in [5.74, 6) is -0.0323. The molecule has 1 saturated heterocycles. The third-order valence-corrected chi connectivity index (χ3v) is 4.75. The predicted molar refractivity (Wildman–Crippen MR) is 84.6 cm³/mol. The summed E-state index contributed by atoms with van der Waals surface area (Å²) in [4.78, 5) is 13.9. The van der Waals surface area contributed by atoms with Gasteiger partial charge in [0.2, 0.25) is 0 Å². The number of hydrogen-bond acceptors (Lipinski definition) is 5. The first-order valence-electron chi connectivity index (χ1n) is 8.87. The number of likely N-dealkylation sites (tertiary alicyclic amines) is 1. The van der Waals surface area contributed by atoms with Crippen LogP contribution in [0.15, 0.2) is 0 Å². The van der Waals surface area contributed by atoms with Gasteiger partial charge in [-0.1, -0.05) is 19.3 Å². The zero-order chi connectivity index (χ0) is 15.8. The minimum absolute atomic E-state index is 0.0341. The largest absolute Gasteiger partial charge is 0.466 e. The second-order valence-corrected chi connectivity index (χ2v) is 6.57. The molecule has 0 aromatic heterocycles. The molecule has 128 valence electrons. The first-order valence-corrected chi connectivity index (χ1v) is 8.87. The molecule has 0 aromatic carbocycles. The molecule has 1 unspecified atom stereocenters. The summed E-state index contributed by atoms with van der Waals surface area (Å²) in [6.45, 7) is 5.07. The number of β-amino-alcohol motifs (C(OH)–C–C–N with tert-alkyl or cyclic N) is 1. The Morgan fingerprint density at radius 1 is 1.18 bits per heavy atom. The molecule has 5 heteroatoms. The first kappa shape index (κ1) is 17.7. The van der Waals surface area contributed by atoms with E-state index in [1.807, 2.05) is 6.92 Å². The summed E-state index contributed by atoms with van der Waals surface area (Å²) in [7, 11) is 0. The zero-order valence-corrected chi connectivity index (χ0v) is 13.8. The lowest BCUT2D eigenvalue weighted by Gasteiger charge is -2.32. The topological polar surface area (TPSA) is 59.0 Å². The molecule has 2 aliphatic rings. The molecule has 22 heavy (non-hydrogen) atoms. The number of aliphatic hydroxyl groups excluding tert-OH is 1. The molecular formula is C17H31NO4. The highest BCUT2D eigenvalue weighted by atomic mass is 16.5. The number of esters is 1. The summed E-state index contributed by atoms with van der Waals surface area (Å²) >= 11 is 0. The van der Waals surface area contributed by atoms with Gasteiger partial charge in [-0.15, -0.1) is 0 Å². The van der Waals surface area contributed by atoms with Crippen LogP contribution in [0.3, 0.4) is 0 Å². The van der Waals surface area contributed by atoms with Crippen LogP contribution in [0.1, 0.15) is 51.9 Å². The van der Waals surface area contributed by atoms with Crippen molar-refractivity contribution >= 4 is 5.97 Å². The lowest BCUT2D eigenvalue weighted by atomic mass is 9.97. The third-order valence-electron chi connectivity index (χ3n) is 4.75. The van der Waals surface area contributed by atoms with Crippen LogP contribution in [0, 0.1) is 5.92 Å². The smallest absolute Gasteiger partial charge is 0.309 e. The van der Waals surface area contributed by atoms with Gasteiger partial charge < -0.3 is 19.5 Å². The van der Waals surface area contributed by atoms with Crippen molar-refractivity contribution in [2.24, 2.45) is 5.92 Å². The number of rotatable bonds is 7. The van der Waals surface area contributed by atoms with Crippen LogP contribution in [0.4, 0.5) is 0 Å². The van der Waals surface area contributed by atoms with E-state index in [1.165, 1.54) is 19.3 Å². The van der Waals surface area contributed by atoms with E-state index >= 15 is 0 Å². The number of hydrogen-bond donors (Lipinski definition) is 1. The molecule has 2 fully saturated rings. The van der Waals surface area contributed by atoms with E-state index < -0.39 is 6.10 Å². The number of ether oxygens (including phenoxy) is 2. The molecule has 1 aliphatic carbocycles. The quantitative estimate of drug-likeness (QED) is 0.728. The lowest BCUT2D eigenvalue weighted by molar-refractivity contribution is -0.149. The highest BCUT2D eigenvalue weighted by molar-refractivity contribution is 5.72. The summed E-state index contributed by atoms with van der Waals surface area (Å²) in [5, 5.41) is 10.1. The number of aliphatic hydroxyl groups is 1. The molecule has 0 spiro atoms. The van der Waals surface area contributed by atoms with Gasteiger partial charge in [0.25, 0.3) is 0 Å².